The molecule has 118 valence electrons. The van der Waals surface area contributed by atoms with E-state index in [1.54, 1.807) is 0 Å². The second-order valence-electron chi connectivity index (χ2n) is 4.89. The van der Waals surface area contributed by atoms with E-state index in [1.165, 1.54) is 43.5 Å². The summed E-state index contributed by atoms with van der Waals surface area (Å²) in [5.41, 5.74) is -3.31. The first-order valence-electron chi connectivity index (χ1n) is 6.32. The van der Waals surface area contributed by atoms with E-state index in [9.17, 15) is 18.3 Å². The minimum absolute atomic E-state index is 0.0616. The van der Waals surface area contributed by atoms with E-state index < -0.39 is 17.7 Å². The van der Waals surface area contributed by atoms with Gasteiger partial charge in [-0.3, -0.25) is 4.98 Å². The minimum atomic E-state index is -4.90. The second-order valence-corrected chi connectivity index (χ2v) is 5.74. The van der Waals surface area contributed by atoms with Crippen LogP contribution in [-0.4, -0.2) is 16.3 Å². The highest BCUT2D eigenvalue weighted by atomic mass is 35.5. The standard InChI is InChI=1S/C15H12Cl2F3NO/c1-9(12-5-4-11(16)7-13(12)17)14(22,15(18,19)20)10-3-2-6-21-8-10/h2-9,22H,1H3. The number of benzene rings is 1. The molecular weight excluding hydrogens is 338 g/mol. The first-order chi connectivity index (χ1) is 10.2. The molecule has 2 nitrogen and oxygen atoms in total. The van der Waals surface area contributed by atoms with Crippen LogP contribution in [0.15, 0.2) is 42.7 Å². The van der Waals surface area contributed by atoms with Crippen LogP contribution in [0.3, 0.4) is 0 Å². The molecule has 2 aromatic rings. The first kappa shape index (κ1) is 17.1. The van der Waals surface area contributed by atoms with Crippen molar-refractivity contribution < 1.29 is 18.3 Å². The zero-order chi connectivity index (χ0) is 16.5. The smallest absolute Gasteiger partial charge is 0.376 e. The molecule has 1 N–H and O–H groups in total. The van der Waals surface area contributed by atoms with Crippen LogP contribution >= 0.6 is 23.2 Å². The third kappa shape index (κ3) is 2.93. The Kier molecular flexibility index (Phi) is 4.70. The molecule has 2 unspecified atom stereocenters. The zero-order valence-electron chi connectivity index (χ0n) is 11.4. The molecule has 0 fully saturated rings. The number of halogens is 5. The topological polar surface area (TPSA) is 33.1 Å². The largest absolute Gasteiger partial charge is 0.422 e. The summed E-state index contributed by atoms with van der Waals surface area (Å²) in [6, 6.07) is 6.67. The minimum Gasteiger partial charge on any atom is -0.376 e. The van der Waals surface area contributed by atoms with Crippen molar-refractivity contribution in [2.45, 2.75) is 24.6 Å². The normalized spacial score (nSPS) is 16.1. The molecule has 22 heavy (non-hydrogen) atoms. The fourth-order valence-electron chi connectivity index (χ4n) is 2.33. The van der Waals surface area contributed by atoms with Crippen molar-refractivity contribution in [2.75, 3.05) is 0 Å². The van der Waals surface area contributed by atoms with Crippen molar-refractivity contribution in [1.29, 1.82) is 0 Å². The maximum atomic E-state index is 13.6. The van der Waals surface area contributed by atoms with Gasteiger partial charge >= 0.3 is 6.18 Å². The van der Waals surface area contributed by atoms with Crippen LogP contribution in [0.5, 0.6) is 0 Å². The lowest BCUT2D eigenvalue weighted by atomic mass is 9.78. The Morgan fingerprint density at radius 1 is 1.18 bits per heavy atom. The summed E-state index contributed by atoms with van der Waals surface area (Å²) in [6.07, 6.45) is -2.58. The molecule has 0 spiro atoms. The Morgan fingerprint density at radius 3 is 2.36 bits per heavy atom. The molecule has 0 radical (unpaired) electrons. The Balaban J connectivity index is 2.60. The predicted molar refractivity (Wildman–Crippen MR) is 79.1 cm³/mol. The van der Waals surface area contributed by atoms with Gasteiger partial charge in [0.05, 0.1) is 0 Å². The molecule has 0 aliphatic rings. The fourth-order valence-corrected chi connectivity index (χ4v) is 2.90. The van der Waals surface area contributed by atoms with E-state index in [2.05, 4.69) is 4.98 Å². The molecule has 7 heteroatoms. The molecule has 0 aliphatic heterocycles. The van der Waals surface area contributed by atoms with Gasteiger partial charge in [0.15, 0.2) is 5.60 Å². The van der Waals surface area contributed by atoms with Gasteiger partial charge in [0, 0.05) is 33.9 Å². The van der Waals surface area contributed by atoms with Crippen molar-refractivity contribution >= 4 is 23.2 Å². The summed E-state index contributed by atoms with van der Waals surface area (Å²) in [6.45, 7) is 1.26. The number of pyridine rings is 1. The van der Waals surface area contributed by atoms with Gasteiger partial charge in [-0.15, -0.1) is 0 Å². The van der Waals surface area contributed by atoms with E-state index in [-0.39, 0.29) is 16.1 Å². The molecule has 0 bridgehead atoms. The summed E-state index contributed by atoms with van der Waals surface area (Å²) in [7, 11) is 0. The fraction of sp³-hybridized carbons (Fsp3) is 0.267. The monoisotopic (exact) mass is 349 g/mol. The number of alkyl halides is 3. The average molecular weight is 350 g/mol. The van der Waals surface area contributed by atoms with Crippen molar-refractivity contribution in [2.24, 2.45) is 0 Å². The van der Waals surface area contributed by atoms with Crippen LogP contribution in [0.4, 0.5) is 13.2 Å². The SMILES string of the molecule is CC(c1ccc(Cl)cc1Cl)C(O)(c1cccnc1)C(F)(F)F. The summed E-state index contributed by atoms with van der Waals surface area (Å²) in [4.78, 5) is 3.66. The van der Waals surface area contributed by atoms with Crippen LogP contribution in [0.1, 0.15) is 24.0 Å². The predicted octanol–water partition coefficient (Wildman–Crippen LogP) is 4.94. The molecule has 0 amide bonds. The van der Waals surface area contributed by atoms with Crippen molar-refractivity contribution in [3.8, 4) is 0 Å². The number of hydrogen-bond donors (Lipinski definition) is 1. The van der Waals surface area contributed by atoms with E-state index in [0.717, 1.165) is 6.20 Å². The lowest BCUT2D eigenvalue weighted by Gasteiger charge is -2.36. The Bertz CT molecular complexity index is 664. The number of rotatable bonds is 3. The summed E-state index contributed by atoms with van der Waals surface area (Å²) in [5.74, 6) is -1.35. The Morgan fingerprint density at radius 2 is 1.86 bits per heavy atom. The molecular formula is C15H12Cl2F3NO. The number of nitrogens with zero attached hydrogens (tertiary/aromatic N) is 1. The number of aliphatic hydroxyl groups is 1. The molecule has 0 saturated heterocycles. The van der Waals surface area contributed by atoms with Gasteiger partial charge in [0.1, 0.15) is 0 Å². The maximum absolute atomic E-state index is 13.6. The molecule has 2 rings (SSSR count). The average Bonchev–Trinajstić information content (AvgIpc) is 2.45. The van der Waals surface area contributed by atoms with Gasteiger partial charge < -0.3 is 5.11 Å². The summed E-state index contributed by atoms with van der Waals surface area (Å²) >= 11 is 11.8. The van der Waals surface area contributed by atoms with Crippen molar-refractivity contribution in [3.05, 3.63) is 63.9 Å². The van der Waals surface area contributed by atoms with E-state index in [0.29, 0.717) is 5.02 Å². The molecule has 2 atom stereocenters. The van der Waals surface area contributed by atoms with Crippen LogP contribution < -0.4 is 0 Å². The highest BCUT2D eigenvalue weighted by molar-refractivity contribution is 6.35. The highest BCUT2D eigenvalue weighted by Gasteiger charge is 2.59. The van der Waals surface area contributed by atoms with Crippen molar-refractivity contribution in [3.63, 3.8) is 0 Å². The number of hydrogen-bond acceptors (Lipinski definition) is 2. The Labute approximate surface area is 135 Å². The van der Waals surface area contributed by atoms with Gasteiger partial charge in [0.2, 0.25) is 0 Å². The van der Waals surface area contributed by atoms with Crippen molar-refractivity contribution in [1.82, 2.24) is 4.98 Å². The number of aromatic nitrogens is 1. The lowest BCUT2D eigenvalue weighted by Crippen LogP contribution is -2.46. The quantitative estimate of drug-likeness (QED) is 0.850. The summed E-state index contributed by atoms with van der Waals surface area (Å²) in [5, 5.41) is 10.8. The second kappa shape index (κ2) is 6.07. The van der Waals surface area contributed by atoms with Crippen LogP contribution in [0, 0.1) is 0 Å². The Hall–Kier alpha value is -1.30. The van der Waals surface area contributed by atoms with Gasteiger partial charge in [0.25, 0.3) is 0 Å². The lowest BCUT2D eigenvalue weighted by molar-refractivity contribution is -0.274. The van der Waals surface area contributed by atoms with Gasteiger partial charge in [-0.2, -0.15) is 13.2 Å². The highest BCUT2D eigenvalue weighted by Crippen LogP contribution is 2.49. The molecule has 1 heterocycles. The molecule has 1 aromatic heterocycles. The van der Waals surface area contributed by atoms with Gasteiger partial charge in [-0.1, -0.05) is 42.3 Å². The van der Waals surface area contributed by atoms with Gasteiger partial charge in [-0.25, -0.2) is 0 Å². The molecule has 0 saturated carbocycles. The third-order valence-corrected chi connectivity index (χ3v) is 4.15. The van der Waals surface area contributed by atoms with Gasteiger partial charge in [-0.05, 0) is 23.8 Å². The first-order valence-corrected chi connectivity index (χ1v) is 7.08. The third-order valence-electron chi connectivity index (χ3n) is 3.59. The summed E-state index contributed by atoms with van der Waals surface area (Å²) < 4.78 is 40.8. The van der Waals surface area contributed by atoms with Crippen LogP contribution in [0.2, 0.25) is 10.0 Å². The maximum Gasteiger partial charge on any atom is 0.422 e. The molecule has 1 aromatic carbocycles. The van der Waals surface area contributed by atoms with Crippen LogP contribution in [-0.2, 0) is 5.60 Å². The van der Waals surface area contributed by atoms with Crippen LogP contribution in [0.25, 0.3) is 0 Å². The zero-order valence-corrected chi connectivity index (χ0v) is 12.9. The van der Waals surface area contributed by atoms with E-state index in [1.807, 2.05) is 0 Å². The van der Waals surface area contributed by atoms with E-state index in [4.69, 9.17) is 23.2 Å². The molecule has 0 aliphatic carbocycles. The van der Waals surface area contributed by atoms with E-state index >= 15 is 0 Å².